The minimum atomic E-state index is -0.459. The minimum absolute atomic E-state index is 0.0491. The van der Waals surface area contributed by atoms with Crippen LogP contribution in [-0.2, 0) is 4.79 Å². The van der Waals surface area contributed by atoms with Crippen LogP contribution in [0, 0.1) is 6.92 Å². The molecule has 0 unspecified atom stereocenters. The number of aryl methyl sites for hydroxylation is 1. The van der Waals surface area contributed by atoms with Crippen LogP contribution in [0.2, 0.25) is 0 Å². The molecule has 2 aromatic rings. The van der Waals surface area contributed by atoms with Crippen molar-refractivity contribution in [3.8, 4) is 11.5 Å². The van der Waals surface area contributed by atoms with Gasteiger partial charge in [-0.05, 0) is 49.4 Å². The summed E-state index contributed by atoms with van der Waals surface area (Å²) >= 11 is 0.848. The lowest BCUT2D eigenvalue weighted by Gasteiger charge is -2.12. The molecule has 3 amide bonds. The summed E-state index contributed by atoms with van der Waals surface area (Å²) in [5.41, 5.74) is 1.29. The smallest absolute Gasteiger partial charge is 0.293 e. The topological polar surface area (TPSA) is 111 Å². The quantitative estimate of drug-likeness (QED) is 0.635. The Hall–Kier alpha value is -3.27. The maximum absolute atomic E-state index is 12.6. The van der Waals surface area contributed by atoms with Crippen molar-refractivity contribution in [2.24, 2.45) is 0 Å². The number of nitrogens with zero attached hydrogens (tertiary/aromatic N) is 2. The number of hydrogen-bond donors (Lipinski definition) is 1. The summed E-state index contributed by atoms with van der Waals surface area (Å²) in [5, 5.41) is 5.85. The number of carbonyl (C=O) groups excluding carboxylic acids is 3. The summed E-state index contributed by atoms with van der Waals surface area (Å²) in [6.07, 6.45) is 1.62. The van der Waals surface area contributed by atoms with Gasteiger partial charge < -0.3 is 19.3 Å². The van der Waals surface area contributed by atoms with Crippen molar-refractivity contribution in [3.63, 3.8) is 0 Å². The molecule has 1 aromatic carbocycles. The molecule has 10 heteroatoms. The number of thioether (sulfide) groups is 1. The van der Waals surface area contributed by atoms with Gasteiger partial charge in [-0.2, -0.15) is 0 Å². The highest BCUT2D eigenvalue weighted by Crippen LogP contribution is 2.34. The Balaban J connectivity index is 1.63. The zero-order valence-electron chi connectivity index (χ0n) is 16.8. The van der Waals surface area contributed by atoms with Gasteiger partial charge in [0.25, 0.3) is 17.1 Å². The molecule has 9 nitrogen and oxygen atoms in total. The normalized spacial score (nSPS) is 15.0. The predicted octanol–water partition coefficient (Wildman–Crippen LogP) is 2.86. The van der Waals surface area contributed by atoms with Gasteiger partial charge in [0, 0.05) is 19.2 Å². The van der Waals surface area contributed by atoms with Crippen LogP contribution in [0.1, 0.15) is 28.7 Å². The van der Waals surface area contributed by atoms with E-state index in [0.29, 0.717) is 34.3 Å². The highest BCUT2D eigenvalue weighted by molar-refractivity contribution is 8.18. The molecule has 0 radical (unpaired) electrons. The molecule has 1 saturated heterocycles. The first-order valence-electron chi connectivity index (χ1n) is 9.20. The lowest BCUT2D eigenvalue weighted by atomic mass is 10.2. The van der Waals surface area contributed by atoms with Crippen molar-refractivity contribution in [2.75, 3.05) is 26.8 Å². The first-order valence-corrected chi connectivity index (χ1v) is 10.0. The fraction of sp³-hybridized carbons (Fsp3) is 0.300. The van der Waals surface area contributed by atoms with Gasteiger partial charge in [-0.15, -0.1) is 0 Å². The van der Waals surface area contributed by atoms with E-state index in [0.717, 1.165) is 16.7 Å². The SMILES string of the molecule is CCOc1ccc(/C=C2\SC(=O)N(CCNC(=O)c3cc(C)no3)C2=O)cc1OC. The first kappa shape index (κ1) is 21.4. The molecule has 158 valence electrons. The average Bonchev–Trinajstić information content (AvgIpc) is 3.27. The van der Waals surface area contributed by atoms with Crippen LogP contribution >= 0.6 is 11.8 Å². The zero-order chi connectivity index (χ0) is 21.7. The van der Waals surface area contributed by atoms with E-state index in [-0.39, 0.29) is 18.8 Å². The van der Waals surface area contributed by atoms with Crippen LogP contribution in [0.3, 0.4) is 0 Å². The molecule has 0 aliphatic carbocycles. The first-order chi connectivity index (χ1) is 14.4. The molecule has 2 heterocycles. The number of imide groups is 1. The van der Waals surface area contributed by atoms with Crippen molar-refractivity contribution in [1.82, 2.24) is 15.4 Å². The van der Waals surface area contributed by atoms with Crippen LogP contribution in [0.4, 0.5) is 4.79 Å². The number of aromatic nitrogens is 1. The van der Waals surface area contributed by atoms with Gasteiger partial charge in [0.2, 0.25) is 5.76 Å². The van der Waals surface area contributed by atoms with Gasteiger partial charge in [0.05, 0.1) is 24.3 Å². The minimum Gasteiger partial charge on any atom is -0.493 e. The summed E-state index contributed by atoms with van der Waals surface area (Å²) in [4.78, 5) is 38.2. The molecule has 1 aliphatic rings. The highest BCUT2D eigenvalue weighted by atomic mass is 32.2. The van der Waals surface area contributed by atoms with Crippen LogP contribution < -0.4 is 14.8 Å². The van der Waals surface area contributed by atoms with Gasteiger partial charge in [-0.1, -0.05) is 11.2 Å². The van der Waals surface area contributed by atoms with E-state index < -0.39 is 17.1 Å². The Morgan fingerprint density at radius 3 is 2.77 bits per heavy atom. The molecule has 1 fully saturated rings. The molecular formula is C20H21N3O6S. The summed E-state index contributed by atoms with van der Waals surface area (Å²) in [6.45, 7) is 4.22. The van der Waals surface area contributed by atoms with Gasteiger partial charge in [-0.3, -0.25) is 19.3 Å². The van der Waals surface area contributed by atoms with E-state index in [1.165, 1.54) is 13.2 Å². The number of ether oxygens (including phenoxy) is 2. The van der Waals surface area contributed by atoms with E-state index in [1.807, 2.05) is 6.92 Å². The Kier molecular flexibility index (Phi) is 6.78. The van der Waals surface area contributed by atoms with Gasteiger partial charge >= 0.3 is 0 Å². The molecule has 0 atom stereocenters. The maximum Gasteiger partial charge on any atom is 0.293 e. The Morgan fingerprint density at radius 2 is 2.10 bits per heavy atom. The molecule has 0 saturated carbocycles. The molecular weight excluding hydrogens is 410 g/mol. The van der Waals surface area contributed by atoms with Crippen LogP contribution in [-0.4, -0.2) is 53.9 Å². The molecule has 0 bridgehead atoms. The van der Waals surface area contributed by atoms with E-state index in [2.05, 4.69) is 10.5 Å². The number of rotatable bonds is 8. The fourth-order valence-electron chi connectivity index (χ4n) is 2.73. The molecule has 3 rings (SSSR count). The second-order valence-electron chi connectivity index (χ2n) is 6.27. The van der Waals surface area contributed by atoms with Crippen molar-refractivity contribution in [1.29, 1.82) is 0 Å². The van der Waals surface area contributed by atoms with Crippen LogP contribution in [0.5, 0.6) is 11.5 Å². The number of amides is 3. The molecule has 0 spiro atoms. The van der Waals surface area contributed by atoms with E-state index in [4.69, 9.17) is 14.0 Å². The van der Waals surface area contributed by atoms with Gasteiger partial charge in [-0.25, -0.2) is 0 Å². The largest absolute Gasteiger partial charge is 0.493 e. The van der Waals surface area contributed by atoms with Crippen molar-refractivity contribution >= 4 is 34.9 Å². The summed E-state index contributed by atoms with van der Waals surface area (Å²) in [6, 6.07) is 6.77. The number of hydrogen-bond acceptors (Lipinski definition) is 8. The fourth-order valence-corrected chi connectivity index (χ4v) is 3.60. The van der Waals surface area contributed by atoms with Gasteiger partial charge in [0.15, 0.2) is 11.5 Å². The lowest BCUT2D eigenvalue weighted by molar-refractivity contribution is -0.122. The Labute approximate surface area is 177 Å². The van der Waals surface area contributed by atoms with Crippen molar-refractivity contribution in [3.05, 3.63) is 46.2 Å². The monoisotopic (exact) mass is 431 g/mol. The second-order valence-corrected chi connectivity index (χ2v) is 7.26. The Morgan fingerprint density at radius 1 is 1.30 bits per heavy atom. The van der Waals surface area contributed by atoms with E-state index >= 15 is 0 Å². The van der Waals surface area contributed by atoms with Crippen molar-refractivity contribution < 1.29 is 28.4 Å². The second kappa shape index (κ2) is 9.49. The molecule has 1 aliphatic heterocycles. The Bertz CT molecular complexity index is 1000. The zero-order valence-corrected chi connectivity index (χ0v) is 17.6. The number of methoxy groups -OCH3 is 1. The number of nitrogens with one attached hydrogen (secondary N) is 1. The molecule has 30 heavy (non-hydrogen) atoms. The van der Waals surface area contributed by atoms with E-state index in [1.54, 1.807) is 31.2 Å². The third-order valence-electron chi connectivity index (χ3n) is 4.13. The number of carbonyl (C=O) groups is 3. The third-order valence-corrected chi connectivity index (χ3v) is 5.04. The number of benzene rings is 1. The summed E-state index contributed by atoms with van der Waals surface area (Å²) < 4.78 is 15.7. The standard InChI is InChI=1S/C20H21N3O6S/c1-4-28-14-6-5-13(10-15(14)27-3)11-17-19(25)23(20(26)30-17)8-7-21-18(24)16-9-12(2)22-29-16/h5-6,9-11H,4,7-8H2,1-3H3,(H,21,24)/b17-11-. The van der Waals surface area contributed by atoms with Crippen molar-refractivity contribution in [2.45, 2.75) is 13.8 Å². The van der Waals surface area contributed by atoms with Crippen LogP contribution in [0.15, 0.2) is 33.7 Å². The van der Waals surface area contributed by atoms with Gasteiger partial charge in [0.1, 0.15) is 0 Å². The van der Waals surface area contributed by atoms with Crippen LogP contribution in [0.25, 0.3) is 6.08 Å². The predicted molar refractivity (Wildman–Crippen MR) is 110 cm³/mol. The van der Waals surface area contributed by atoms with E-state index in [9.17, 15) is 14.4 Å². The third kappa shape index (κ3) is 4.82. The molecule has 1 N–H and O–H groups in total. The average molecular weight is 431 g/mol. The summed E-state index contributed by atoms with van der Waals surface area (Å²) in [7, 11) is 1.53. The molecule has 1 aromatic heterocycles. The maximum atomic E-state index is 12.6. The lowest BCUT2D eigenvalue weighted by Crippen LogP contribution is -2.37. The highest BCUT2D eigenvalue weighted by Gasteiger charge is 2.34. The summed E-state index contributed by atoms with van der Waals surface area (Å²) in [5.74, 6) is 0.339.